The minimum Gasteiger partial charge on any atom is -0.466 e. The maximum atomic E-state index is 11.8. The monoisotopic (exact) mass is 455 g/mol. The highest BCUT2D eigenvalue weighted by atomic mass is 28.4. The molecule has 0 spiro atoms. The molecule has 0 saturated heterocycles. The van der Waals surface area contributed by atoms with Gasteiger partial charge in [0.25, 0.3) is 0 Å². The van der Waals surface area contributed by atoms with E-state index in [4.69, 9.17) is 31.3 Å². The van der Waals surface area contributed by atoms with E-state index in [2.05, 4.69) is 5.32 Å². The molecule has 0 aromatic rings. The van der Waals surface area contributed by atoms with Crippen molar-refractivity contribution in [2.24, 2.45) is 0 Å². The standard InChI is InChI=1S/C18H41NO8Si2/c1-7-25-29(26-8-2,27-9-3)16-10-13-19-14-12-18(20)24-15-11-17-28(21-4,22-5)23-6/h19H,7-17H2,1-6H3. The summed E-state index contributed by atoms with van der Waals surface area (Å²) in [5.41, 5.74) is 0. The Balaban J connectivity index is 3.95. The van der Waals surface area contributed by atoms with Crippen molar-refractivity contribution in [2.45, 2.75) is 52.1 Å². The Morgan fingerprint density at radius 3 is 1.76 bits per heavy atom. The summed E-state index contributed by atoms with van der Waals surface area (Å²) >= 11 is 0. The van der Waals surface area contributed by atoms with E-state index in [1.807, 2.05) is 20.8 Å². The topological polar surface area (TPSA) is 93.7 Å². The first kappa shape index (κ1) is 28.6. The molecular weight excluding hydrogens is 414 g/mol. The van der Waals surface area contributed by atoms with E-state index >= 15 is 0 Å². The van der Waals surface area contributed by atoms with Gasteiger partial charge >= 0.3 is 23.6 Å². The number of carbonyl (C=O) groups excluding carboxylic acids is 1. The number of esters is 1. The van der Waals surface area contributed by atoms with Crippen molar-refractivity contribution in [3.63, 3.8) is 0 Å². The van der Waals surface area contributed by atoms with Crippen LogP contribution >= 0.6 is 0 Å². The number of ether oxygens (including phenoxy) is 1. The van der Waals surface area contributed by atoms with Crippen molar-refractivity contribution in [1.29, 1.82) is 0 Å². The van der Waals surface area contributed by atoms with Crippen molar-refractivity contribution in [3.05, 3.63) is 0 Å². The molecule has 0 bridgehead atoms. The van der Waals surface area contributed by atoms with Crippen LogP contribution in [0.4, 0.5) is 0 Å². The summed E-state index contributed by atoms with van der Waals surface area (Å²) in [6, 6.07) is 1.36. The van der Waals surface area contributed by atoms with Gasteiger partial charge in [-0.2, -0.15) is 0 Å². The fraction of sp³-hybridized carbons (Fsp3) is 0.944. The van der Waals surface area contributed by atoms with Crippen LogP contribution in [0.5, 0.6) is 0 Å². The van der Waals surface area contributed by atoms with Gasteiger partial charge in [-0.15, -0.1) is 0 Å². The summed E-state index contributed by atoms with van der Waals surface area (Å²) in [5, 5.41) is 3.26. The van der Waals surface area contributed by atoms with Crippen LogP contribution in [0.2, 0.25) is 12.1 Å². The molecule has 0 aliphatic carbocycles. The molecule has 0 aromatic carbocycles. The minimum atomic E-state index is -2.59. The summed E-state index contributed by atoms with van der Waals surface area (Å²) in [6.45, 7) is 9.24. The summed E-state index contributed by atoms with van der Waals surface area (Å²) in [6.07, 6.45) is 1.82. The first-order chi connectivity index (χ1) is 14.0. The molecule has 0 saturated carbocycles. The van der Waals surface area contributed by atoms with Crippen LogP contribution < -0.4 is 5.32 Å². The predicted molar refractivity (Wildman–Crippen MR) is 115 cm³/mol. The number of rotatable bonds is 20. The zero-order chi connectivity index (χ0) is 22.0. The van der Waals surface area contributed by atoms with Crippen LogP contribution in [-0.4, -0.2) is 84.4 Å². The zero-order valence-corrected chi connectivity index (χ0v) is 21.0. The number of nitrogens with one attached hydrogen (secondary N) is 1. The molecule has 0 aromatic heterocycles. The number of hydrogen-bond donors (Lipinski definition) is 1. The summed E-state index contributed by atoms with van der Waals surface area (Å²) in [7, 11) is -0.468. The van der Waals surface area contributed by atoms with Crippen LogP contribution in [0.25, 0.3) is 0 Å². The average molecular weight is 456 g/mol. The Morgan fingerprint density at radius 2 is 1.28 bits per heavy atom. The second-order valence-corrected chi connectivity index (χ2v) is 12.0. The van der Waals surface area contributed by atoms with Gasteiger partial charge in [-0.3, -0.25) is 4.79 Å². The van der Waals surface area contributed by atoms with E-state index in [0.29, 0.717) is 51.9 Å². The van der Waals surface area contributed by atoms with Crippen molar-refractivity contribution in [3.8, 4) is 0 Å². The summed E-state index contributed by atoms with van der Waals surface area (Å²) in [5.74, 6) is -0.223. The van der Waals surface area contributed by atoms with E-state index in [0.717, 1.165) is 19.0 Å². The van der Waals surface area contributed by atoms with E-state index < -0.39 is 17.6 Å². The van der Waals surface area contributed by atoms with E-state index in [1.165, 1.54) is 0 Å². The van der Waals surface area contributed by atoms with Gasteiger partial charge in [-0.05, 0) is 40.2 Å². The lowest BCUT2D eigenvalue weighted by atomic mass is 10.4. The molecule has 11 heteroatoms. The van der Waals surface area contributed by atoms with Crippen molar-refractivity contribution in [2.75, 3.05) is 60.8 Å². The molecule has 0 aliphatic rings. The highest BCUT2D eigenvalue weighted by Crippen LogP contribution is 2.18. The minimum absolute atomic E-state index is 0.223. The Hall–Kier alpha value is -0.376. The molecule has 0 radical (unpaired) electrons. The van der Waals surface area contributed by atoms with Gasteiger partial charge in [0.15, 0.2) is 0 Å². The second kappa shape index (κ2) is 17.3. The van der Waals surface area contributed by atoms with Gasteiger partial charge in [0.05, 0.1) is 13.0 Å². The van der Waals surface area contributed by atoms with E-state index in [1.54, 1.807) is 21.3 Å². The Labute approximate surface area is 178 Å². The van der Waals surface area contributed by atoms with Crippen LogP contribution in [0.3, 0.4) is 0 Å². The third kappa shape index (κ3) is 12.2. The average Bonchev–Trinajstić information content (AvgIpc) is 2.72. The van der Waals surface area contributed by atoms with E-state index in [-0.39, 0.29) is 5.97 Å². The number of carbonyl (C=O) groups is 1. The largest absolute Gasteiger partial charge is 0.500 e. The lowest BCUT2D eigenvalue weighted by Crippen LogP contribution is -2.46. The van der Waals surface area contributed by atoms with Crippen molar-refractivity contribution in [1.82, 2.24) is 5.32 Å². The molecule has 0 fully saturated rings. The Morgan fingerprint density at radius 1 is 0.759 bits per heavy atom. The highest BCUT2D eigenvalue weighted by Gasteiger charge is 2.39. The quantitative estimate of drug-likeness (QED) is 0.168. The SMILES string of the molecule is CCO[Si](CCCNCCC(=O)OCCC[Si](OC)(OC)OC)(OCC)OCC. The maximum Gasteiger partial charge on any atom is 0.500 e. The first-order valence-corrected chi connectivity index (χ1v) is 14.3. The van der Waals surface area contributed by atoms with Crippen molar-refractivity contribution >= 4 is 23.6 Å². The molecule has 174 valence electrons. The van der Waals surface area contributed by atoms with Crippen LogP contribution in [0.1, 0.15) is 40.0 Å². The molecule has 29 heavy (non-hydrogen) atoms. The predicted octanol–water partition coefficient (Wildman–Crippen LogP) is 2.22. The molecule has 1 N–H and O–H groups in total. The maximum absolute atomic E-state index is 11.8. The Bertz CT molecular complexity index is 388. The molecule has 0 heterocycles. The third-order valence-corrected chi connectivity index (χ3v) is 10.2. The lowest BCUT2D eigenvalue weighted by Gasteiger charge is -2.28. The van der Waals surface area contributed by atoms with Gasteiger partial charge in [0.2, 0.25) is 0 Å². The second-order valence-electron chi connectivity index (χ2n) is 6.21. The lowest BCUT2D eigenvalue weighted by molar-refractivity contribution is -0.143. The summed E-state index contributed by atoms with van der Waals surface area (Å²) < 4.78 is 38.7. The van der Waals surface area contributed by atoms with Crippen molar-refractivity contribution < 1.29 is 36.1 Å². The van der Waals surface area contributed by atoms with Crippen LogP contribution in [0.15, 0.2) is 0 Å². The molecule has 0 rings (SSSR count). The summed E-state index contributed by atoms with van der Waals surface area (Å²) in [4.78, 5) is 11.8. The van der Waals surface area contributed by atoms with Crippen LogP contribution in [0, 0.1) is 0 Å². The van der Waals surface area contributed by atoms with Gasteiger partial charge in [0.1, 0.15) is 0 Å². The van der Waals surface area contributed by atoms with E-state index in [9.17, 15) is 4.79 Å². The Kier molecular flexibility index (Phi) is 17.1. The fourth-order valence-electron chi connectivity index (χ4n) is 2.85. The fourth-order valence-corrected chi connectivity index (χ4v) is 7.15. The molecule has 0 unspecified atom stereocenters. The van der Waals surface area contributed by atoms with Gasteiger partial charge < -0.3 is 36.6 Å². The van der Waals surface area contributed by atoms with Crippen LogP contribution in [-0.2, 0) is 36.1 Å². The molecule has 0 aliphatic heterocycles. The first-order valence-electron chi connectivity index (χ1n) is 10.4. The normalized spacial score (nSPS) is 12.3. The molecule has 0 atom stereocenters. The highest BCUT2D eigenvalue weighted by molar-refractivity contribution is 6.61. The molecule has 9 nitrogen and oxygen atoms in total. The third-order valence-electron chi connectivity index (χ3n) is 4.26. The molecule has 0 amide bonds. The van der Waals surface area contributed by atoms with Gasteiger partial charge in [0, 0.05) is 59.8 Å². The number of hydrogen-bond acceptors (Lipinski definition) is 9. The van der Waals surface area contributed by atoms with Gasteiger partial charge in [-0.25, -0.2) is 0 Å². The zero-order valence-electron chi connectivity index (χ0n) is 19.0. The molecular formula is C18H41NO8Si2. The smallest absolute Gasteiger partial charge is 0.466 e. The van der Waals surface area contributed by atoms with Gasteiger partial charge in [-0.1, -0.05) is 0 Å².